The summed E-state index contributed by atoms with van der Waals surface area (Å²) in [5, 5.41) is 5.81. The van der Waals surface area contributed by atoms with Gasteiger partial charge in [0.25, 0.3) is 0 Å². The van der Waals surface area contributed by atoms with Crippen molar-refractivity contribution < 1.29 is 18.8 Å². The number of hydrogen-bond donors (Lipinski definition) is 1. The number of primary amides is 1. The third-order valence-electron chi connectivity index (χ3n) is 3.08. The van der Waals surface area contributed by atoms with E-state index in [1.54, 1.807) is 6.07 Å². The Hall–Kier alpha value is -2.93. The van der Waals surface area contributed by atoms with Crippen molar-refractivity contribution in [3.05, 3.63) is 64.7 Å². The van der Waals surface area contributed by atoms with Crippen molar-refractivity contribution in [2.24, 2.45) is 5.73 Å². The highest BCUT2D eigenvalue weighted by Crippen LogP contribution is 2.25. The third-order valence-corrected chi connectivity index (χ3v) is 3.96. The number of carbonyl (C=O) groups excluding carboxylic acids is 2. The van der Waals surface area contributed by atoms with Gasteiger partial charge in [0.05, 0.1) is 10.4 Å². The van der Waals surface area contributed by atoms with E-state index < -0.39 is 11.9 Å². The summed E-state index contributed by atoms with van der Waals surface area (Å²) in [5.41, 5.74) is 6.33. The van der Waals surface area contributed by atoms with Gasteiger partial charge < -0.3 is 15.0 Å². The molecule has 3 rings (SSSR count). The lowest BCUT2D eigenvalue weighted by Gasteiger charge is -2.03. The minimum Gasteiger partial charge on any atom is -0.455 e. The highest BCUT2D eigenvalue weighted by Gasteiger charge is 2.12. The molecule has 116 valence electrons. The monoisotopic (exact) mass is 328 g/mol. The topological polar surface area (TPSA) is 95.4 Å². The van der Waals surface area contributed by atoms with Crippen LogP contribution >= 0.6 is 11.3 Å². The molecule has 23 heavy (non-hydrogen) atoms. The van der Waals surface area contributed by atoms with Crippen LogP contribution in [0.1, 0.15) is 26.4 Å². The Balaban J connectivity index is 1.61. The average molecular weight is 328 g/mol. The predicted molar refractivity (Wildman–Crippen MR) is 83.9 cm³/mol. The van der Waals surface area contributed by atoms with Crippen molar-refractivity contribution in [2.75, 3.05) is 0 Å². The Labute approximate surface area is 135 Å². The molecule has 0 aliphatic carbocycles. The van der Waals surface area contributed by atoms with Gasteiger partial charge in [0.15, 0.2) is 5.76 Å². The van der Waals surface area contributed by atoms with Crippen LogP contribution < -0.4 is 5.73 Å². The Kier molecular flexibility index (Phi) is 4.20. The first-order valence-electron chi connectivity index (χ1n) is 6.70. The van der Waals surface area contributed by atoms with E-state index in [-0.39, 0.29) is 6.61 Å². The maximum atomic E-state index is 11.9. The summed E-state index contributed by atoms with van der Waals surface area (Å²) >= 11 is 1.53. The number of aromatic nitrogens is 1. The number of amides is 1. The molecule has 0 fully saturated rings. The second kappa shape index (κ2) is 6.45. The van der Waals surface area contributed by atoms with E-state index in [9.17, 15) is 9.59 Å². The molecule has 6 nitrogen and oxygen atoms in total. The normalized spacial score (nSPS) is 10.4. The molecule has 0 aliphatic heterocycles. The zero-order valence-electron chi connectivity index (χ0n) is 11.9. The Morgan fingerprint density at radius 1 is 1.17 bits per heavy atom. The molecular formula is C16H12N2O4S. The predicted octanol–water partition coefficient (Wildman–Crippen LogP) is 2.86. The number of benzene rings is 1. The average Bonchev–Trinajstić information content (AvgIpc) is 3.23. The number of hydrogen-bond acceptors (Lipinski definition) is 6. The van der Waals surface area contributed by atoms with Crippen LogP contribution in [-0.2, 0) is 11.3 Å². The van der Waals surface area contributed by atoms with E-state index in [4.69, 9.17) is 15.0 Å². The largest absolute Gasteiger partial charge is 0.455 e. The molecule has 7 heteroatoms. The van der Waals surface area contributed by atoms with Crippen LogP contribution in [0, 0.1) is 0 Å². The second-order valence-corrected chi connectivity index (χ2v) is 5.63. The molecule has 3 aromatic rings. The van der Waals surface area contributed by atoms with Crippen LogP contribution in [-0.4, -0.2) is 17.0 Å². The molecule has 0 bridgehead atoms. The molecule has 0 saturated carbocycles. The molecule has 2 N–H and O–H groups in total. The minimum absolute atomic E-state index is 0.00524. The molecule has 2 heterocycles. The number of nitrogens with zero attached hydrogens (tertiary/aromatic N) is 1. The SMILES string of the molecule is NC(=O)c1ccc(C(=O)OCc2cc(-c3cccs3)on2)cc1. The van der Waals surface area contributed by atoms with Gasteiger partial charge >= 0.3 is 5.97 Å². The van der Waals surface area contributed by atoms with Crippen LogP contribution in [0.5, 0.6) is 0 Å². The van der Waals surface area contributed by atoms with E-state index in [1.165, 1.54) is 35.6 Å². The van der Waals surface area contributed by atoms with Gasteiger partial charge in [-0.2, -0.15) is 0 Å². The quantitative estimate of drug-likeness (QED) is 0.727. The summed E-state index contributed by atoms with van der Waals surface area (Å²) in [6.45, 7) is 0.00524. The van der Waals surface area contributed by atoms with Gasteiger partial charge in [-0.1, -0.05) is 11.2 Å². The van der Waals surface area contributed by atoms with Gasteiger partial charge in [-0.15, -0.1) is 11.3 Å². The third kappa shape index (κ3) is 3.46. The number of thiophene rings is 1. The van der Waals surface area contributed by atoms with E-state index in [0.717, 1.165) is 4.88 Å². The fraction of sp³-hybridized carbons (Fsp3) is 0.0625. The van der Waals surface area contributed by atoms with Crippen molar-refractivity contribution in [2.45, 2.75) is 6.61 Å². The maximum Gasteiger partial charge on any atom is 0.338 e. The second-order valence-electron chi connectivity index (χ2n) is 4.68. The molecule has 0 aliphatic rings. The molecule has 1 aromatic carbocycles. The summed E-state index contributed by atoms with van der Waals surface area (Å²) in [6.07, 6.45) is 0. The molecule has 1 amide bonds. The van der Waals surface area contributed by atoms with Crippen LogP contribution in [0.3, 0.4) is 0 Å². The van der Waals surface area contributed by atoms with Gasteiger partial charge in [0, 0.05) is 11.6 Å². The highest BCUT2D eigenvalue weighted by molar-refractivity contribution is 7.13. The first-order valence-corrected chi connectivity index (χ1v) is 7.58. The van der Waals surface area contributed by atoms with Crippen LogP contribution in [0.2, 0.25) is 0 Å². The lowest BCUT2D eigenvalue weighted by molar-refractivity contribution is 0.0464. The number of ether oxygens (including phenoxy) is 1. The summed E-state index contributed by atoms with van der Waals surface area (Å²) in [5.74, 6) is -0.424. The Morgan fingerprint density at radius 3 is 2.57 bits per heavy atom. The van der Waals surface area contributed by atoms with E-state index >= 15 is 0 Å². The van der Waals surface area contributed by atoms with Gasteiger partial charge in [-0.05, 0) is 35.7 Å². The smallest absolute Gasteiger partial charge is 0.338 e. The summed E-state index contributed by atoms with van der Waals surface area (Å²) < 4.78 is 10.4. The van der Waals surface area contributed by atoms with Gasteiger partial charge in [-0.25, -0.2) is 4.79 Å². The number of carbonyl (C=O) groups is 2. The van der Waals surface area contributed by atoms with E-state index in [0.29, 0.717) is 22.6 Å². The van der Waals surface area contributed by atoms with Crippen molar-refractivity contribution >= 4 is 23.2 Å². The number of nitrogens with two attached hydrogens (primary N) is 1. The van der Waals surface area contributed by atoms with Crippen molar-refractivity contribution in [3.8, 4) is 10.6 Å². The Bertz CT molecular complexity index is 822. The van der Waals surface area contributed by atoms with Gasteiger partial charge in [-0.3, -0.25) is 4.79 Å². The maximum absolute atomic E-state index is 11.9. The van der Waals surface area contributed by atoms with Crippen LogP contribution in [0.4, 0.5) is 0 Å². The first-order chi connectivity index (χ1) is 11.1. The van der Waals surface area contributed by atoms with Crippen molar-refractivity contribution in [1.29, 1.82) is 0 Å². The molecule has 0 saturated heterocycles. The lowest BCUT2D eigenvalue weighted by atomic mass is 10.1. The van der Waals surface area contributed by atoms with Gasteiger partial charge in [0.1, 0.15) is 12.3 Å². The standard InChI is InChI=1S/C16H12N2O4S/c17-15(19)10-3-5-11(6-4-10)16(20)21-9-12-8-13(22-18-12)14-2-1-7-23-14/h1-8H,9H2,(H2,17,19). The van der Waals surface area contributed by atoms with Gasteiger partial charge in [0.2, 0.25) is 5.91 Å². The van der Waals surface area contributed by atoms with E-state index in [1.807, 2.05) is 17.5 Å². The van der Waals surface area contributed by atoms with Crippen molar-refractivity contribution in [1.82, 2.24) is 5.16 Å². The lowest BCUT2D eigenvalue weighted by Crippen LogP contribution is -2.11. The van der Waals surface area contributed by atoms with E-state index in [2.05, 4.69) is 5.16 Å². The van der Waals surface area contributed by atoms with Crippen LogP contribution in [0.15, 0.2) is 52.4 Å². The summed E-state index contributed by atoms with van der Waals surface area (Å²) in [4.78, 5) is 23.9. The zero-order chi connectivity index (χ0) is 16.2. The minimum atomic E-state index is -0.548. The fourth-order valence-electron chi connectivity index (χ4n) is 1.91. The summed E-state index contributed by atoms with van der Waals surface area (Å²) in [7, 11) is 0. The molecule has 0 unspecified atom stereocenters. The zero-order valence-corrected chi connectivity index (χ0v) is 12.7. The highest BCUT2D eigenvalue weighted by atomic mass is 32.1. The molecule has 0 radical (unpaired) electrons. The van der Waals surface area contributed by atoms with Crippen molar-refractivity contribution in [3.63, 3.8) is 0 Å². The molecule has 0 atom stereocenters. The number of esters is 1. The Morgan fingerprint density at radius 2 is 1.91 bits per heavy atom. The fourth-order valence-corrected chi connectivity index (χ4v) is 2.58. The van der Waals surface area contributed by atoms with Crippen LogP contribution in [0.25, 0.3) is 10.6 Å². The molecular weight excluding hydrogens is 316 g/mol. The summed E-state index contributed by atoms with van der Waals surface area (Å²) in [6, 6.07) is 11.5. The molecule has 2 aromatic heterocycles. The molecule has 0 spiro atoms. The number of rotatable bonds is 5. The first kappa shape index (κ1) is 15.0.